The van der Waals surface area contributed by atoms with Gasteiger partial charge in [0.25, 0.3) is 5.91 Å². The number of nitrogens with zero attached hydrogens (tertiary/aromatic N) is 1. The first-order chi connectivity index (χ1) is 7.11. The Kier molecular flexibility index (Phi) is 3.55. The fourth-order valence-electron chi connectivity index (χ4n) is 1.30. The lowest BCUT2D eigenvalue weighted by Crippen LogP contribution is -2.26. The number of hydrogen-bond donors (Lipinski definition) is 1. The monoisotopic (exact) mass is 208 g/mol. The fraction of sp³-hybridized carbons (Fsp3) is 0.364. The quantitative estimate of drug-likeness (QED) is 0.763. The van der Waals surface area contributed by atoms with E-state index in [9.17, 15) is 4.79 Å². The van der Waals surface area contributed by atoms with Crippen LogP contribution in [0.1, 0.15) is 17.3 Å². The number of benzene rings is 1. The maximum atomic E-state index is 11.9. The molecule has 0 aliphatic rings. The standard InChI is InChI=1S/C11H16N2O2/c1-4-13(2)11(14)8-6-5-7-9(12)10(8)15-3/h5-7H,4,12H2,1-3H3. The number of carbonyl (C=O) groups excluding carboxylic acids is 1. The number of para-hydroxylation sites is 1. The van der Waals surface area contributed by atoms with E-state index in [1.54, 1.807) is 30.1 Å². The van der Waals surface area contributed by atoms with E-state index in [0.29, 0.717) is 23.5 Å². The highest BCUT2D eigenvalue weighted by molar-refractivity contribution is 5.98. The summed E-state index contributed by atoms with van der Waals surface area (Å²) >= 11 is 0. The van der Waals surface area contributed by atoms with E-state index in [4.69, 9.17) is 10.5 Å². The minimum Gasteiger partial charge on any atom is -0.494 e. The molecule has 0 radical (unpaired) electrons. The summed E-state index contributed by atoms with van der Waals surface area (Å²) in [5, 5.41) is 0. The highest BCUT2D eigenvalue weighted by Gasteiger charge is 2.16. The minimum absolute atomic E-state index is 0.0818. The van der Waals surface area contributed by atoms with E-state index in [1.807, 2.05) is 6.92 Å². The number of nitrogen functional groups attached to an aromatic ring is 1. The number of amides is 1. The topological polar surface area (TPSA) is 55.6 Å². The molecule has 1 aromatic rings. The van der Waals surface area contributed by atoms with Crippen LogP contribution in [0.3, 0.4) is 0 Å². The number of ether oxygens (including phenoxy) is 1. The average molecular weight is 208 g/mol. The van der Waals surface area contributed by atoms with Gasteiger partial charge in [0, 0.05) is 13.6 Å². The molecule has 0 bridgehead atoms. The molecule has 15 heavy (non-hydrogen) atoms. The summed E-state index contributed by atoms with van der Waals surface area (Å²) in [5.74, 6) is 0.365. The van der Waals surface area contributed by atoms with Crippen LogP contribution >= 0.6 is 0 Å². The Balaban J connectivity index is 3.13. The zero-order chi connectivity index (χ0) is 11.4. The molecule has 4 nitrogen and oxygen atoms in total. The third kappa shape index (κ3) is 2.21. The van der Waals surface area contributed by atoms with Crippen molar-refractivity contribution in [3.63, 3.8) is 0 Å². The van der Waals surface area contributed by atoms with Gasteiger partial charge in [0.2, 0.25) is 0 Å². The Labute approximate surface area is 89.6 Å². The molecule has 1 aromatic carbocycles. The van der Waals surface area contributed by atoms with Gasteiger partial charge in [-0.3, -0.25) is 4.79 Å². The maximum Gasteiger partial charge on any atom is 0.257 e. The van der Waals surface area contributed by atoms with Crippen LogP contribution in [0.5, 0.6) is 5.75 Å². The van der Waals surface area contributed by atoms with Gasteiger partial charge in [-0.15, -0.1) is 0 Å². The van der Waals surface area contributed by atoms with Crippen molar-refractivity contribution >= 4 is 11.6 Å². The number of carbonyl (C=O) groups is 1. The smallest absolute Gasteiger partial charge is 0.257 e. The van der Waals surface area contributed by atoms with E-state index < -0.39 is 0 Å². The van der Waals surface area contributed by atoms with Gasteiger partial charge >= 0.3 is 0 Å². The molecule has 0 saturated carbocycles. The number of hydrogen-bond acceptors (Lipinski definition) is 3. The maximum absolute atomic E-state index is 11.9. The normalized spacial score (nSPS) is 9.80. The molecule has 0 unspecified atom stereocenters. The van der Waals surface area contributed by atoms with Crippen molar-refractivity contribution < 1.29 is 9.53 Å². The van der Waals surface area contributed by atoms with Gasteiger partial charge in [-0.1, -0.05) is 6.07 Å². The Morgan fingerprint density at radius 2 is 2.20 bits per heavy atom. The summed E-state index contributed by atoms with van der Waals surface area (Å²) < 4.78 is 5.12. The molecular weight excluding hydrogens is 192 g/mol. The zero-order valence-electron chi connectivity index (χ0n) is 9.28. The van der Waals surface area contributed by atoms with Crippen LogP contribution in [0.15, 0.2) is 18.2 Å². The molecule has 0 aliphatic heterocycles. The number of anilines is 1. The number of methoxy groups -OCH3 is 1. The van der Waals surface area contributed by atoms with Gasteiger partial charge in [-0.05, 0) is 19.1 Å². The second-order valence-corrected chi connectivity index (χ2v) is 3.25. The Bertz CT molecular complexity index is 364. The van der Waals surface area contributed by atoms with Crippen LogP contribution in [0.2, 0.25) is 0 Å². The van der Waals surface area contributed by atoms with Crippen molar-refractivity contribution in [2.45, 2.75) is 6.92 Å². The highest BCUT2D eigenvalue weighted by atomic mass is 16.5. The molecule has 4 heteroatoms. The predicted molar refractivity (Wildman–Crippen MR) is 60.0 cm³/mol. The molecular formula is C11H16N2O2. The Hall–Kier alpha value is -1.71. The van der Waals surface area contributed by atoms with Crippen molar-refractivity contribution in [3.8, 4) is 5.75 Å². The molecule has 1 rings (SSSR count). The van der Waals surface area contributed by atoms with Crippen LogP contribution in [0.4, 0.5) is 5.69 Å². The molecule has 1 amide bonds. The van der Waals surface area contributed by atoms with E-state index in [0.717, 1.165) is 0 Å². The SMILES string of the molecule is CCN(C)C(=O)c1cccc(N)c1OC. The van der Waals surface area contributed by atoms with E-state index in [2.05, 4.69) is 0 Å². The molecule has 0 saturated heterocycles. The van der Waals surface area contributed by atoms with Crippen molar-refractivity contribution in [1.82, 2.24) is 4.90 Å². The van der Waals surface area contributed by atoms with Crippen molar-refractivity contribution in [2.24, 2.45) is 0 Å². The third-order valence-electron chi connectivity index (χ3n) is 2.30. The molecule has 0 aromatic heterocycles. The predicted octanol–water partition coefficient (Wildman–Crippen LogP) is 1.37. The first-order valence-electron chi connectivity index (χ1n) is 4.79. The molecule has 2 N–H and O–H groups in total. The van der Waals surface area contributed by atoms with E-state index in [1.165, 1.54) is 7.11 Å². The summed E-state index contributed by atoms with van der Waals surface area (Å²) in [6.07, 6.45) is 0. The molecule has 0 aliphatic carbocycles. The van der Waals surface area contributed by atoms with Gasteiger partial charge in [0.05, 0.1) is 18.4 Å². The van der Waals surface area contributed by atoms with E-state index >= 15 is 0 Å². The molecule has 0 spiro atoms. The van der Waals surface area contributed by atoms with Gasteiger partial charge < -0.3 is 15.4 Å². The second-order valence-electron chi connectivity index (χ2n) is 3.25. The second kappa shape index (κ2) is 4.68. The van der Waals surface area contributed by atoms with Crippen LogP contribution < -0.4 is 10.5 Å². The minimum atomic E-state index is -0.0818. The summed E-state index contributed by atoms with van der Waals surface area (Å²) in [6.45, 7) is 2.56. The largest absolute Gasteiger partial charge is 0.494 e. The summed E-state index contributed by atoms with van der Waals surface area (Å²) in [6, 6.07) is 5.17. The lowest BCUT2D eigenvalue weighted by molar-refractivity contribution is 0.0799. The van der Waals surface area contributed by atoms with Gasteiger partial charge in [0.15, 0.2) is 5.75 Å². The number of rotatable bonds is 3. The van der Waals surface area contributed by atoms with Gasteiger partial charge in [0.1, 0.15) is 0 Å². The first-order valence-corrected chi connectivity index (χ1v) is 4.79. The molecule has 0 heterocycles. The number of nitrogens with two attached hydrogens (primary N) is 1. The third-order valence-corrected chi connectivity index (χ3v) is 2.30. The summed E-state index contributed by atoms with van der Waals surface area (Å²) in [5.41, 5.74) is 6.70. The molecule has 82 valence electrons. The van der Waals surface area contributed by atoms with Crippen LogP contribution in [-0.4, -0.2) is 31.5 Å². The fourth-order valence-corrected chi connectivity index (χ4v) is 1.30. The van der Waals surface area contributed by atoms with Crippen molar-refractivity contribution in [3.05, 3.63) is 23.8 Å². The van der Waals surface area contributed by atoms with Gasteiger partial charge in [-0.25, -0.2) is 0 Å². The highest BCUT2D eigenvalue weighted by Crippen LogP contribution is 2.26. The van der Waals surface area contributed by atoms with E-state index in [-0.39, 0.29) is 5.91 Å². The lowest BCUT2D eigenvalue weighted by Gasteiger charge is -2.17. The van der Waals surface area contributed by atoms with Crippen molar-refractivity contribution in [1.29, 1.82) is 0 Å². The summed E-state index contributed by atoms with van der Waals surface area (Å²) in [4.78, 5) is 13.5. The zero-order valence-corrected chi connectivity index (χ0v) is 9.28. The van der Waals surface area contributed by atoms with Crippen LogP contribution in [0.25, 0.3) is 0 Å². The molecule has 0 atom stereocenters. The first kappa shape index (κ1) is 11.4. The lowest BCUT2D eigenvalue weighted by atomic mass is 10.1. The van der Waals surface area contributed by atoms with Crippen LogP contribution in [-0.2, 0) is 0 Å². The Morgan fingerprint density at radius 3 is 2.73 bits per heavy atom. The average Bonchev–Trinajstić information content (AvgIpc) is 2.26. The Morgan fingerprint density at radius 1 is 1.53 bits per heavy atom. The van der Waals surface area contributed by atoms with Gasteiger partial charge in [-0.2, -0.15) is 0 Å². The summed E-state index contributed by atoms with van der Waals surface area (Å²) in [7, 11) is 3.25. The molecule has 0 fully saturated rings. The van der Waals surface area contributed by atoms with Crippen molar-refractivity contribution in [2.75, 3.05) is 26.4 Å². The van der Waals surface area contributed by atoms with Crippen LogP contribution in [0, 0.1) is 0 Å².